The van der Waals surface area contributed by atoms with Crippen LogP contribution in [-0.4, -0.2) is 22.7 Å². The van der Waals surface area contributed by atoms with Crippen LogP contribution in [0.1, 0.15) is 31.2 Å². The van der Waals surface area contributed by atoms with Crippen molar-refractivity contribution in [1.82, 2.24) is 10.1 Å². The lowest BCUT2D eigenvalue weighted by atomic mass is 10.1. The number of para-hydroxylation sites is 1. The van der Waals surface area contributed by atoms with Crippen LogP contribution < -0.4 is 10.1 Å². The number of nitrogens with one attached hydrogen (secondary N) is 1. The standard InChI is InChI=1S/C24H23N3O3/c1-15(2)23-26-24(30-27-23)20-10-6-7-16(3)22(20)25-21(28)14-29-19-12-11-17-8-4-5-9-18(17)13-19/h4-13,15H,14H2,1-3H3,(H,25,28). The minimum atomic E-state index is -0.262. The molecular weight excluding hydrogens is 378 g/mol. The number of carbonyl (C=O) groups is 1. The summed E-state index contributed by atoms with van der Waals surface area (Å²) in [4.78, 5) is 17.0. The predicted molar refractivity (Wildman–Crippen MR) is 117 cm³/mol. The second-order valence-electron chi connectivity index (χ2n) is 7.46. The van der Waals surface area contributed by atoms with Crippen LogP contribution in [0.5, 0.6) is 5.75 Å². The predicted octanol–water partition coefficient (Wildman–Crippen LogP) is 5.34. The molecule has 0 aliphatic carbocycles. The molecule has 0 aliphatic rings. The number of benzene rings is 3. The molecule has 30 heavy (non-hydrogen) atoms. The van der Waals surface area contributed by atoms with Crippen LogP contribution in [0.4, 0.5) is 5.69 Å². The van der Waals surface area contributed by atoms with Crippen LogP contribution in [0, 0.1) is 6.92 Å². The van der Waals surface area contributed by atoms with Crippen LogP contribution in [0.25, 0.3) is 22.2 Å². The summed E-state index contributed by atoms with van der Waals surface area (Å²) in [5, 5.41) is 9.14. The molecule has 6 heteroatoms. The molecule has 0 radical (unpaired) electrons. The summed E-state index contributed by atoms with van der Waals surface area (Å²) >= 11 is 0. The highest BCUT2D eigenvalue weighted by Gasteiger charge is 2.18. The first-order valence-corrected chi connectivity index (χ1v) is 9.86. The zero-order valence-electron chi connectivity index (χ0n) is 17.2. The number of hydrogen-bond acceptors (Lipinski definition) is 5. The first-order chi connectivity index (χ1) is 14.5. The first-order valence-electron chi connectivity index (χ1n) is 9.86. The number of aromatic nitrogens is 2. The summed E-state index contributed by atoms with van der Waals surface area (Å²) in [6, 6.07) is 19.4. The molecule has 0 saturated carbocycles. The van der Waals surface area contributed by atoms with Crippen molar-refractivity contribution in [3.8, 4) is 17.2 Å². The molecule has 0 aliphatic heterocycles. The molecular formula is C24H23N3O3. The van der Waals surface area contributed by atoms with E-state index in [2.05, 4.69) is 15.5 Å². The molecule has 0 bridgehead atoms. The Hall–Kier alpha value is -3.67. The zero-order valence-corrected chi connectivity index (χ0v) is 17.2. The molecule has 1 heterocycles. The van der Waals surface area contributed by atoms with Gasteiger partial charge in [-0.25, -0.2) is 0 Å². The van der Waals surface area contributed by atoms with E-state index in [1.165, 1.54) is 0 Å². The molecule has 6 nitrogen and oxygen atoms in total. The normalized spacial score (nSPS) is 11.1. The van der Waals surface area contributed by atoms with Crippen LogP contribution in [0.15, 0.2) is 65.2 Å². The largest absolute Gasteiger partial charge is 0.484 e. The summed E-state index contributed by atoms with van der Waals surface area (Å²) in [5.74, 6) is 1.55. The number of fused-ring (bicyclic) bond motifs is 1. The summed E-state index contributed by atoms with van der Waals surface area (Å²) in [6.45, 7) is 5.81. The van der Waals surface area contributed by atoms with Crippen molar-refractivity contribution in [2.75, 3.05) is 11.9 Å². The van der Waals surface area contributed by atoms with Crippen LogP contribution >= 0.6 is 0 Å². The smallest absolute Gasteiger partial charge is 0.262 e. The highest BCUT2D eigenvalue weighted by atomic mass is 16.5. The zero-order chi connectivity index (χ0) is 21.1. The van der Waals surface area contributed by atoms with Crippen molar-refractivity contribution in [3.63, 3.8) is 0 Å². The fourth-order valence-electron chi connectivity index (χ4n) is 3.17. The molecule has 0 fully saturated rings. The molecule has 0 unspecified atom stereocenters. The maximum Gasteiger partial charge on any atom is 0.262 e. The third-order valence-electron chi connectivity index (χ3n) is 4.82. The van der Waals surface area contributed by atoms with Gasteiger partial charge in [-0.05, 0) is 41.5 Å². The lowest BCUT2D eigenvalue weighted by Gasteiger charge is -2.12. The van der Waals surface area contributed by atoms with Gasteiger partial charge >= 0.3 is 0 Å². The molecule has 1 amide bonds. The average Bonchev–Trinajstić information content (AvgIpc) is 3.24. The molecule has 0 atom stereocenters. The molecule has 152 valence electrons. The van der Waals surface area contributed by atoms with Crippen LogP contribution in [0.2, 0.25) is 0 Å². The van der Waals surface area contributed by atoms with E-state index in [0.29, 0.717) is 28.7 Å². The number of aryl methyl sites for hydroxylation is 1. The SMILES string of the molecule is Cc1cccc(-c2nc(C(C)C)no2)c1NC(=O)COc1ccc2ccccc2c1. The van der Waals surface area contributed by atoms with Crippen molar-refractivity contribution < 1.29 is 14.1 Å². The Bertz CT molecular complexity index is 1200. The lowest BCUT2D eigenvalue weighted by molar-refractivity contribution is -0.118. The van der Waals surface area contributed by atoms with E-state index in [0.717, 1.165) is 16.3 Å². The quantitative estimate of drug-likeness (QED) is 0.472. The molecule has 1 aromatic heterocycles. The topological polar surface area (TPSA) is 77.3 Å². The Kier molecular flexibility index (Phi) is 5.48. The van der Waals surface area contributed by atoms with Crippen molar-refractivity contribution in [1.29, 1.82) is 0 Å². The summed E-state index contributed by atoms with van der Waals surface area (Å²) in [7, 11) is 0. The van der Waals surface area contributed by atoms with Gasteiger partial charge in [0, 0.05) is 5.92 Å². The van der Waals surface area contributed by atoms with E-state index in [9.17, 15) is 4.79 Å². The Labute approximate surface area is 174 Å². The molecule has 4 aromatic rings. The van der Waals surface area contributed by atoms with E-state index >= 15 is 0 Å². The summed E-state index contributed by atoms with van der Waals surface area (Å²) < 4.78 is 11.1. The number of amides is 1. The van der Waals surface area contributed by atoms with E-state index in [4.69, 9.17) is 9.26 Å². The van der Waals surface area contributed by atoms with Gasteiger partial charge in [0.2, 0.25) is 0 Å². The molecule has 4 rings (SSSR count). The highest BCUT2D eigenvalue weighted by Crippen LogP contribution is 2.30. The van der Waals surface area contributed by atoms with Crippen molar-refractivity contribution in [2.24, 2.45) is 0 Å². The Balaban J connectivity index is 1.49. The molecule has 3 aromatic carbocycles. The number of nitrogens with zero attached hydrogens (tertiary/aromatic N) is 2. The fourth-order valence-corrected chi connectivity index (χ4v) is 3.17. The van der Waals surface area contributed by atoms with E-state index < -0.39 is 0 Å². The van der Waals surface area contributed by atoms with Crippen molar-refractivity contribution >= 4 is 22.4 Å². The molecule has 0 saturated heterocycles. The van der Waals surface area contributed by atoms with Gasteiger partial charge in [0.1, 0.15) is 5.75 Å². The van der Waals surface area contributed by atoms with Gasteiger partial charge < -0.3 is 14.6 Å². The van der Waals surface area contributed by atoms with E-state index in [1.54, 1.807) is 0 Å². The summed E-state index contributed by atoms with van der Waals surface area (Å²) in [6.07, 6.45) is 0. The Morgan fingerprint density at radius 2 is 1.87 bits per heavy atom. The van der Waals surface area contributed by atoms with Crippen molar-refractivity contribution in [3.05, 3.63) is 72.1 Å². The third kappa shape index (κ3) is 4.17. The maximum absolute atomic E-state index is 12.6. The number of anilines is 1. The fraction of sp³-hybridized carbons (Fsp3) is 0.208. The highest BCUT2D eigenvalue weighted by molar-refractivity contribution is 5.96. The van der Waals surface area contributed by atoms with Gasteiger partial charge in [-0.15, -0.1) is 0 Å². The first kappa shape index (κ1) is 19.6. The Morgan fingerprint density at radius 1 is 1.07 bits per heavy atom. The van der Waals surface area contributed by atoms with Gasteiger partial charge in [-0.2, -0.15) is 4.98 Å². The second kappa shape index (κ2) is 8.37. The second-order valence-corrected chi connectivity index (χ2v) is 7.46. The van der Waals surface area contributed by atoms with Gasteiger partial charge in [0.05, 0.1) is 11.3 Å². The third-order valence-corrected chi connectivity index (χ3v) is 4.82. The minimum Gasteiger partial charge on any atom is -0.484 e. The molecule has 0 spiro atoms. The van der Waals surface area contributed by atoms with Crippen molar-refractivity contribution in [2.45, 2.75) is 26.7 Å². The average molecular weight is 401 g/mol. The maximum atomic E-state index is 12.6. The number of carbonyl (C=O) groups excluding carboxylic acids is 1. The van der Waals surface area contributed by atoms with E-state index in [1.807, 2.05) is 81.4 Å². The van der Waals surface area contributed by atoms with Crippen LogP contribution in [0.3, 0.4) is 0 Å². The van der Waals surface area contributed by atoms with E-state index in [-0.39, 0.29) is 18.4 Å². The lowest BCUT2D eigenvalue weighted by Crippen LogP contribution is -2.21. The minimum absolute atomic E-state index is 0.104. The number of hydrogen-bond donors (Lipinski definition) is 1. The number of rotatable bonds is 6. The van der Waals surface area contributed by atoms with Crippen LogP contribution in [-0.2, 0) is 4.79 Å². The number of ether oxygens (including phenoxy) is 1. The van der Waals surface area contributed by atoms with Gasteiger partial charge in [-0.3, -0.25) is 4.79 Å². The van der Waals surface area contributed by atoms with Gasteiger partial charge in [0.25, 0.3) is 11.8 Å². The molecule has 1 N–H and O–H groups in total. The monoisotopic (exact) mass is 401 g/mol. The van der Waals surface area contributed by atoms with Gasteiger partial charge in [0.15, 0.2) is 12.4 Å². The Morgan fingerprint density at radius 3 is 2.63 bits per heavy atom. The summed E-state index contributed by atoms with van der Waals surface area (Å²) in [5.41, 5.74) is 2.23. The van der Waals surface area contributed by atoms with Gasteiger partial charge in [-0.1, -0.05) is 61.5 Å².